The van der Waals surface area contributed by atoms with Gasteiger partial charge in [-0.1, -0.05) is 36.4 Å². The van der Waals surface area contributed by atoms with Gasteiger partial charge < -0.3 is 9.47 Å². The monoisotopic (exact) mass is 428 g/mol. The number of fused-ring (bicyclic) bond motifs is 2. The Hall–Kier alpha value is -3.29. The highest BCUT2D eigenvalue weighted by Crippen LogP contribution is 2.35. The van der Waals surface area contributed by atoms with Crippen molar-refractivity contribution in [1.29, 1.82) is 5.26 Å². The van der Waals surface area contributed by atoms with Crippen molar-refractivity contribution in [3.8, 4) is 6.07 Å². The van der Waals surface area contributed by atoms with Gasteiger partial charge in [0.2, 0.25) is 0 Å². The van der Waals surface area contributed by atoms with E-state index in [0.29, 0.717) is 5.56 Å². The van der Waals surface area contributed by atoms with Gasteiger partial charge in [0.1, 0.15) is 0 Å². The van der Waals surface area contributed by atoms with Crippen molar-refractivity contribution in [2.24, 2.45) is 0 Å². The summed E-state index contributed by atoms with van der Waals surface area (Å²) >= 11 is 0. The van der Waals surface area contributed by atoms with Gasteiger partial charge in [-0.05, 0) is 54.7 Å². The Morgan fingerprint density at radius 3 is 2.65 bits per heavy atom. The molecule has 2 aromatic heterocycles. The highest BCUT2D eigenvalue weighted by Gasteiger charge is 2.22. The van der Waals surface area contributed by atoms with Crippen LogP contribution in [0.25, 0.3) is 10.9 Å². The number of hydrogen-bond acceptors (Lipinski definition) is 3. The normalized spacial score (nSPS) is 12.9. The maximum atomic E-state index is 9.28. The first-order valence-electron chi connectivity index (χ1n) is 10.4. The lowest BCUT2D eigenvalue weighted by atomic mass is 9.99. The number of aromatic nitrogens is 2. The number of hydrogen-bond donors (Lipinski definition) is 0. The van der Waals surface area contributed by atoms with Gasteiger partial charge in [-0.2, -0.15) is 5.26 Å². The average molecular weight is 429 g/mol. The van der Waals surface area contributed by atoms with E-state index < -0.39 is 0 Å². The van der Waals surface area contributed by atoms with Crippen molar-refractivity contribution in [3.63, 3.8) is 0 Å². The molecule has 31 heavy (non-hydrogen) atoms. The van der Waals surface area contributed by atoms with E-state index in [-0.39, 0.29) is 12.4 Å². The standard InChI is InChI=1S/C26H24N4.ClH/c1-18-19(2)30(16-21-7-5-6-20(12-21)13-27)26-24(18)14-28-15-25(26)29-11-10-22-8-3-4-9-23(22)17-29;/h3-9,12,14-15H,10-11,16-17H2,1-2H3;1H. The van der Waals surface area contributed by atoms with E-state index in [0.717, 1.165) is 31.6 Å². The highest BCUT2D eigenvalue weighted by atomic mass is 35.5. The maximum absolute atomic E-state index is 9.28. The van der Waals surface area contributed by atoms with E-state index in [1.54, 1.807) is 0 Å². The molecule has 3 heterocycles. The Labute approximate surface area is 189 Å². The Kier molecular flexibility index (Phi) is 5.71. The van der Waals surface area contributed by atoms with Crippen LogP contribution >= 0.6 is 12.4 Å². The molecule has 0 fully saturated rings. The van der Waals surface area contributed by atoms with Crippen LogP contribution in [0, 0.1) is 25.2 Å². The topological polar surface area (TPSA) is 44.9 Å². The van der Waals surface area contributed by atoms with E-state index in [1.807, 2.05) is 30.6 Å². The molecular formula is C26H25ClN4. The number of pyridine rings is 1. The summed E-state index contributed by atoms with van der Waals surface area (Å²) in [6.07, 6.45) is 5.05. The van der Waals surface area contributed by atoms with Gasteiger partial charge in [0, 0.05) is 36.9 Å². The second-order valence-corrected chi connectivity index (χ2v) is 8.10. The number of aryl methyl sites for hydroxylation is 1. The number of benzene rings is 2. The van der Waals surface area contributed by atoms with E-state index in [9.17, 15) is 5.26 Å². The summed E-state index contributed by atoms with van der Waals surface area (Å²) in [5.41, 5.74) is 9.64. The molecule has 5 rings (SSSR count). The Morgan fingerprint density at radius 1 is 1.03 bits per heavy atom. The molecule has 2 aromatic carbocycles. The average Bonchev–Trinajstić information content (AvgIpc) is 3.04. The minimum atomic E-state index is 0. The van der Waals surface area contributed by atoms with Crippen LogP contribution in [-0.2, 0) is 19.5 Å². The van der Waals surface area contributed by atoms with Crippen molar-refractivity contribution >= 4 is 29.0 Å². The van der Waals surface area contributed by atoms with Crippen molar-refractivity contribution in [2.75, 3.05) is 11.4 Å². The van der Waals surface area contributed by atoms with Gasteiger partial charge in [-0.15, -0.1) is 12.4 Å². The maximum Gasteiger partial charge on any atom is 0.0991 e. The summed E-state index contributed by atoms with van der Waals surface area (Å²) in [5.74, 6) is 0. The zero-order chi connectivity index (χ0) is 20.7. The molecule has 0 amide bonds. The van der Waals surface area contributed by atoms with E-state index in [1.165, 1.54) is 39.0 Å². The summed E-state index contributed by atoms with van der Waals surface area (Å²) in [6, 6.07) is 18.9. The zero-order valence-electron chi connectivity index (χ0n) is 17.8. The number of nitrogens with zero attached hydrogens (tertiary/aromatic N) is 4. The SMILES string of the molecule is Cc1c(C)n(Cc2cccc(C#N)c2)c2c(N3CCc4ccccc4C3)cncc12.Cl. The molecular weight excluding hydrogens is 404 g/mol. The molecule has 1 aliphatic heterocycles. The first-order chi connectivity index (χ1) is 14.7. The largest absolute Gasteiger partial charge is 0.364 e. The Bertz CT molecular complexity index is 1300. The van der Waals surface area contributed by atoms with Gasteiger partial charge in [-0.25, -0.2) is 0 Å². The summed E-state index contributed by atoms with van der Waals surface area (Å²) in [7, 11) is 0. The number of rotatable bonds is 3. The Morgan fingerprint density at radius 2 is 1.84 bits per heavy atom. The molecule has 0 spiro atoms. The van der Waals surface area contributed by atoms with Crippen molar-refractivity contribution in [2.45, 2.75) is 33.4 Å². The third-order valence-electron chi connectivity index (χ3n) is 6.39. The zero-order valence-corrected chi connectivity index (χ0v) is 18.6. The van der Waals surface area contributed by atoms with E-state index in [4.69, 9.17) is 0 Å². The number of halogens is 1. The molecule has 1 aliphatic rings. The summed E-state index contributed by atoms with van der Waals surface area (Å²) in [5, 5.41) is 10.5. The first kappa shape index (κ1) is 21.0. The van der Waals surface area contributed by atoms with Crippen LogP contribution in [0.3, 0.4) is 0 Å². The molecule has 0 N–H and O–H groups in total. The van der Waals surface area contributed by atoms with Crippen LogP contribution in [0.5, 0.6) is 0 Å². The van der Waals surface area contributed by atoms with Crippen LogP contribution in [0.2, 0.25) is 0 Å². The fourth-order valence-electron chi connectivity index (χ4n) is 4.62. The van der Waals surface area contributed by atoms with Crippen molar-refractivity contribution < 1.29 is 0 Å². The van der Waals surface area contributed by atoms with Gasteiger partial charge in [0.25, 0.3) is 0 Å². The molecule has 0 unspecified atom stereocenters. The van der Waals surface area contributed by atoms with Crippen LogP contribution < -0.4 is 4.90 Å². The lowest BCUT2D eigenvalue weighted by Crippen LogP contribution is -2.30. The second-order valence-electron chi connectivity index (χ2n) is 8.10. The van der Waals surface area contributed by atoms with Crippen LogP contribution in [0.15, 0.2) is 60.9 Å². The molecule has 5 heteroatoms. The summed E-state index contributed by atoms with van der Waals surface area (Å²) < 4.78 is 2.39. The molecule has 0 saturated heterocycles. The van der Waals surface area contributed by atoms with Crippen LogP contribution in [0.1, 0.15) is 33.5 Å². The molecule has 0 radical (unpaired) electrons. The molecule has 0 aliphatic carbocycles. The Balaban J connectivity index is 0.00000231. The fourth-order valence-corrected chi connectivity index (χ4v) is 4.62. The molecule has 0 atom stereocenters. The third kappa shape index (κ3) is 3.66. The van der Waals surface area contributed by atoms with Crippen molar-refractivity contribution in [1.82, 2.24) is 9.55 Å². The van der Waals surface area contributed by atoms with Gasteiger partial charge >= 0.3 is 0 Å². The highest BCUT2D eigenvalue weighted by molar-refractivity contribution is 5.94. The molecule has 0 bridgehead atoms. The predicted octanol–water partition coefficient (Wildman–Crippen LogP) is 5.56. The molecule has 4 nitrogen and oxygen atoms in total. The lowest BCUT2D eigenvalue weighted by molar-refractivity contribution is 0.726. The number of nitriles is 1. The molecule has 156 valence electrons. The van der Waals surface area contributed by atoms with Crippen molar-refractivity contribution in [3.05, 3.63) is 94.4 Å². The van der Waals surface area contributed by atoms with Gasteiger partial charge in [0.05, 0.1) is 29.0 Å². The fraction of sp³-hybridized carbons (Fsp3) is 0.231. The van der Waals surface area contributed by atoms with E-state index >= 15 is 0 Å². The van der Waals surface area contributed by atoms with Gasteiger partial charge in [0.15, 0.2) is 0 Å². The molecule has 4 aromatic rings. The van der Waals surface area contributed by atoms with E-state index in [2.05, 4.69) is 64.7 Å². The summed E-state index contributed by atoms with van der Waals surface area (Å²) in [6.45, 7) is 7.00. The second kappa shape index (κ2) is 8.45. The predicted molar refractivity (Wildman–Crippen MR) is 128 cm³/mol. The van der Waals surface area contributed by atoms with Crippen LogP contribution in [0.4, 0.5) is 5.69 Å². The quantitative estimate of drug-likeness (QED) is 0.429. The molecule has 0 saturated carbocycles. The van der Waals surface area contributed by atoms with Crippen LogP contribution in [-0.4, -0.2) is 16.1 Å². The minimum Gasteiger partial charge on any atom is -0.364 e. The third-order valence-corrected chi connectivity index (χ3v) is 6.39. The first-order valence-corrected chi connectivity index (χ1v) is 10.4. The number of anilines is 1. The van der Waals surface area contributed by atoms with Gasteiger partial charge in [-0.3, -0.25) is 4.98 Å². The summed E-state index contributed by atoms with van der Waals surface area (Å²) in [4.78, 5) is 7.05. The minimum absolute atomic E-state index is 0. The lowest BCUT2D eigenvalue weighted by Gasteiger charge is -2.31. The smallest absolute Gasteiger partial charge is 0.0991 e.